The summed E-state index contributed by atoms with van der Waals surface area (Å²) in [5, 5.41) is 9.19. The predicted octanol–water partition coefficient (Wildman–Crippen LogP) is 7.89. The molecule has 0 aromatic heterocycles. The first-order chi connectivity index (χ1) is 19.5. The average molecular weight is 560 g/mol. The number of aryl methyl sites for hydroxylation is 1. The van der Waals surface area contributed by atoms with Crippen LogP contribution in [0.2, 0.25) is 0 Å². The molecule has 1 saturated carbocycles. The van der Waals surface area contributed by atoms with Crippen LogP contribution in [0.25, 0.3) is 5.70 Å². The van der Waals surface area contributed by atoms with E-state index in [1.54, 1.807) is 43.3 Å². The zero-order chi connectivity index (χ0) is 29.6. The molecule has 5 N–H and O–H groups in total. The third kappa shape index (κ3) is 7.66. The van der Waals surface area contributed by atoms with Gasteiger partial charge in [-0.25, -0.2) is 4.99 Å². The van der Waals surface area contributed by atoms with Gasteiger partial charge in [-0.3, -0.25) is 4.79 Å². The highest BCUT2D eigenvalue weighted by Gasteiger charge is 2.31. The Balaban J connectivity index is 1.50. The zero-order valence-corrected chi connectivity index (χ0v) is 22.9. The maximum absolute atomic E-state index is 13.4. The molecule has 1 aliphatic carbocycles. The highest BCUT2D eigenvalue weighted by Crippen LogP contribution is 2.37. The lowest BCUT2D eigenvalue weighted by atomic mass is 9.88. The average Bonchev–Trinajstić information content (AvgIpc) is 2.90. The van der Waals surface area contributed by atoms with Crippen LogP contribution >= 0.6 is 0 Å². The molecule has 1 aliphatic rings. The molecule has 0 unspecified atom stereocenters. The Morgan fingerprint density at radius 3 is 2.39 bits per heavy atom. The van der Waals surface area contributed by atoms with Gasteiger partial charge in [-0.15, -0.1) is 0 Å². The molecule has 9 heteroatoms. The number of carbonyl (C=O) groups is 1. The number of alkyl halides is 3. The first-order valence-electron chi connectivity index (χ1n) is 13.1. The molecule has 4 rings (SSSR count). The summed E-state index contributed by atoms with van der Waals surface area (Å²) < 4.78 is 40.1. The zero-order valence-electron chi connectivity index (χ0n) is 22.9. The van der Waals surface area contributed by atoms with E-state index >= 15 is 0 Å². The molecule has 1 amide bonds. The van der Waals surface area contributed by atoms with E-state index in [0.717, 1.165) is 48.2 Å². The number of nitrogens with one attached hydrogen (secondary N) is 3. The summed E-state index contributed by atoms with van der Waals surface area (Å²) in [6.45, 7) is 7.47. The lowest BCUT2D eigenvalue weighted by Gasteiger charge is -2.24. The van der Waals surface area contributed by atoms with Crippen molar-refractivity contribution in [2.75, 3.05) is 16.4 Å². The van der Waals surface area contributed by atoms with E-state index in [2.05, 4.69) is 27.5 Å². The quantitative estimate of drug-likeness (QED) is 0.158. The van der Waals surface area contributed by atoms with Crippen LogP contribution in [-0.2, 0) is 6.18 Å². The molecule has 1 fully saturated rings. The van der Waals surface area contributed by atoms with Crippen LogP contribution in [0.15, 0.2) is 101 Å². The van der Waals surface area contributed by atoms with E-state index in [4.69, 9.17) is 5.73 Å². The Bertz CT molecular complexity index is 1550. The van der Waals surface area contributed by atoms with E-state index in [1.807, 2.05) is 25.1 Å². The molecule has 212 valence electrons. The first kappa shape index (κ1) is 29.2. The molecule has 3 aromatic carbocycles. The van der Waals surface area contributed by atoms with Gasteiger partial charge in [0.05, 0.1) is 17.5 Å². The van der Waals surface area contributed by atoms with Crippen LogP contribution in [0, 0.1) is 6.92 Å². The summed E-state index contributed by atoms with van der Waals surface area (Å²) in [4.78, 5) is 17.5. The van der Waals surface area contributed by atoms with Crippen LogP contribution in [0.4, 0.5) is 30.2 Å². The fraction of sp³-hybridized carbons (Fsp3) is 0.188. The van der Waals surface area contributed by atoms with Crippen LogP contribution in [0.1, 0.15) is 53.2 Å². The topological polar surface area (TPSA) is 91.5 Å². The highest BCUT2D eigenvalue weighted by atomic mass is 19.4. The Morgan fingerprint density at radius 1 is 1.00 bits per heavy atom. The number of allylic oxidation sites excluding steroid dienone is 3. The van der Waals surface area contributed by atoms with Crippen molar-refractivity contribution in [3.63, 3.8) is 0 Å². The minimum atomic E-state index is -4.44. The Morgan fingerprint density at radius 2 is 1.73 bits per heavy atom. The van der Waals surface area contributed by atoms with Crippen molar-refractivity contribution < 1.29 is 18.0 Å². The van der Waals surface area contributed by atoms with Gasteiger partial charge in [-0.1, -0.05) is 36.9 Å². The number of nitrogens with two attached hydrogens (primary N) is 1. The van der Waals surface area contributed by atoms with Crippen molar-refractivity contribution in [3.05, 3.63) is 119 Å². The van der Waals surface area contributed by atoms with Crippen LogP contribution < -0.4 is 21.7 Å². The van der Waals surface area contributed by atoms with E-state index in [-0.39, 0.29) is 5.91 Å². The van der Waals surface area contributed by atoms with E-state index < -0.39 is 11.7 Å². The minimum Gasteiger partial charge on any atom is -0.399 e. The molecule has 0 bridgehead atoms. The van der Waals surface area contributed by atoms with Crippen molar-refractivity contribution in [2.24, 2.45) is 4.99 Å². The molecule has 0 radical (unpaired) electrons. The molecule has 0 saturated heterocycles. The summed E-state index contributed by atoms with van der Waals surface area (Å²) in [7, 11) is 0. The van der Waals surface area contributed by atoms with Gasteiger partial charge >= 0.3 is 6.18 Å². The number of halogens is 3. The number of aliphatic imine (C=N–C) groups is 1. The number of anilines is 3. The molecule has 0 atom stereocenters. The fourth-order valence-electron chi connectivity index (χ4n) is 4.25. The summed E-state index contributed by atoms with van der Waals surface area (Å²) in [5.41, 5.74) is 10.8. The summed E-state index contributed by atoms with van der Waals surface area (Å²) in [6.07, 6.45) is 1.35. The summed E-state index contributed by atoms with van der Waals surface area (Å²) >= 11 is 0. The highest BCUT2D eigenvalue weighted by molar-refractivity contribution is 6.01. The van der Waals surface area contributed by atoms with Gasteiger partial charge in [0.1, 0.15) is 5.82 Å². The number of nitrogen functional groups attached to an aromatic ring is 1. The lowest BCUT2D eigenvalue weighted by Crippen LogP contribution is -2.24. The molecule has 3 aromatic rings. The van der Waals surface area contributed by atoms with Crippen molar-refractivity contribution in [2.45, 2.75) is 39.3 Å². The number of carbonyl (C=O) groups excluding carboxylic acids is 1. The third-order valence-corrected chi connectivity index (χ3v) is 6.64. The maximum atomic E-state index is 13.4. The van der Waals surface area contributed by atoms with E-state index in [1.165, 1.54) is 12.3 Å². The maximum Gasteiger partial charge on any atom is 0.416 e. The summed E-state index contributed by atoms with van der Waals surface area (Å²) in [5.74, 6) is 0.00903. The van der Waals surface area contributed by atoms with E-state index in [0.29, 0.717) is 39.7 Å². The SMILES string of the molecule is C=C(/N=C\C(=C/C)NC(=O)c1cc(NC(=C2CCC2)c2cccc(C(F)(F)F)c2)ccc1C)Nc1cccc(N)c1. The molecule has 0 spiro atoms. The molecule has 0 heterocycles. The summed E-state index contributed by atoms with van der Waals surface area (Å²) in [6, 6.07) is 17.8. The molecular formula is C32H32F3N5O. The largest absolute Gasteiger partial charge is 0.416 e. The molecule has 41 heavy (non-hydrogen) atoms. The van der Waals surface area contributed by atoms with Gasteiger partial charge in [0, 0.05) is 28.3 Å². The minimum absolute atomic E-state index is 0.350. The smallest absolute Gasteiger partial charge is 0.399 e. The number of amides is 1. The van der Waals surface area contributed by atoms with Crippen LogP contribution in [0.3, 0.4) is 0 Å². The monoisotopic (exact) mass is 559 g/mol. The number of benzene rings is 3. The second kappa shape index (κ2) is 12.6. The van der Waals surface area contributed by atoms with Crippen molar-refractivity contribution in [1.82, 2.24) is 5.32 Å². The standard InChI is InChI=1S/C32H32F3N5O/c1-4-26(19-37-21(3)38-27-13-7-12-25(36)17-27)40-31(41)29-18-28(15-14-20(29)2)39-30(22-8-5-9-22)23-10-6-11-24(16-23)32(33,34)35/h4,6-7,10-19,38-39H,3,5,8-9,36H2,1-2H3,(H,40,41)/b26-4+,37-19-. The van der Waals surface area contributed by atoms with Gasteiger partial charge in [0.2, 0.25) is 0 Å². The third-order valence-electron chi connectivity index (χ3n) is 6.64. The number of hydrogen-bond donors (Lipinski definition) is 4. The predicted molar refractivity (Wildman–Crippen MR) is 160 cm³/mol. The van der Waals surface area contributed by atoms with Crippen LogP contribution in [-0.4, -0.2) is 12.1 Å². The molecule has 0 aliphatic heterocycles. The Kier molecular flexibility index (Phi) is 8.97. The van der Waals surface area contributed by atoms with Gasteiger partial charge in [-0.2, -0.15) is 13.2 Å². The lowest BCUT2D eigenvalue weighted by molar-refractivity contribution is -0.137. The van der Waals surface area contributed by atoms with Crippen LogP contribution in [0.5, 0.6) is 0 Å². The number of nitrogens with zero attached hydrogens (tertiary/aromatic N) is 1. The van der Waals surface area contributed by atoms with Gasteiger partial charge in [-0.05, 0) is 92.3 Å². The number of hydrogen-bond acceptors (Lipinski definition) is 5. The molecule has 6 nitrogen and oxygen atoms in total. The van der Waals surface area contributed by atoms with Crippen molar-refractivity contribution >= 4 is 34.9 Å². The number of rotatable bonds is 9. The van der Waals surface area contributed by atoms with Crippen molar-refractivity contribution in [3.8, 4) is 0 Å². The van der Waals surface area contributed by atoms with Gasteiger partial charge < -0.3 is 21.7 Å². The first-order valence-corrected chi connectivity index (χ1v) is 13.1. The Labute approximate surface area is 237 Å². The van der Waals surface area contributed by atoms with Gasteiger partial charge in [0.15, 0.2) is 0 Å². The van der Waals surface area contributed by atoms with E-state index in [9.17, 15) is 18.0 Å². The second-order valence-corrected chi connectivity index (χ2v) is 9.72. The second-order valence-electron chi connectivity index (χ2n) is 9.72. The fourth-order valence-corrected chi connectivity index (χ4v) is 4.25. The molecular weight excluding hydrogens is 527 g/mol. The Hall–Kier alpha value is -4.79. The van der Waals surface area contributed by atoms with Crippen molar-refractivity contribution in [1.29, 1.82) is 0 Å². The normalized spacial score (nSPS) is 13.5. The van der Waals surface area contributed by atoms with Gasteiger partial charge in [0.25, 0.3) is 5.91 Å².